The van der Waals surface area contributed by atoms with Gasteiger partial charge in [-0.3, -0.25) is 4.79 Å². The summed E-state index contributed by atoms with van der Waals surface area (Å²) in [6, 6.07) is 21.4. The summed E-state index contributed by atoms with van der Waals surface area (Å²) >= 11 is 0. The van der Waals surface area contributed by atoms with E-state index in [4.69, 9.17) is 4.74 Å². The number of hydrogen-bond donors (Lipinski definition) is 0. The Kier molecular flexibility index (Phi) is 4.33. The summed E-state index contributed by atoms with van der Waals surface area (Å²) in [4.78, 5) is 17.4. The van der Waals surface area contributed by atoms with Crippen LogP contribution in [0.15, 0.2) is 89.2 Å². The molecule has 0 radical (unpaired) electrons. The van der Waals surface area contributed by atoms with Crippen LogP contribution in [-0.2, 0) is 0 Å². The molecule has 30 heavy (non-hydrogen) atoms. The van der Waals surface area contributed by atoms with Crippen molar-refractivity contribution in [1.29, 1.82) is 0 Å². The third-order valence-electron chi connectivity index (χ3n) is 4.93. The molecule has 0 saturated carbocycles. The Morgan fingerprint density at radius 3 is 2.60 bits per heavy atom. The molecule has 0 aliphatic heterocycles. The minimum absolute atomic E-state index is 0.294. The Morgan fingerprint density at radius 2 is 1.77 bits per heavy atom. The van der Waals surface area contributed by atoms with E-state index < -0.39 is 0 Å². The van der Waals surface area contributed by atoms with Crippen molar-refractivity contribution < 1.29 is 4.74 Å². The van der Waals surface area contributed by atoms with Gasteiger partial charge in [0.2, 0.25) is 0 Å². The summed E-state index contributed by atoms with van der Waals surface area (Å²) < 4.78 is 8.33. The molecular weight excluding hydrogens is 378 g/mol. The summed E-state index contributed by atoms with van der Waals surface area (Å²) in [6.07, 6.45) is 4.54. The molecule has 146 valence electrons. The van der Waals surface area contributed by atoms with E-state index in [9.17, 15) is 4.79 Å². The number of methoxy groups -OCH3 is 1. The van der Waals surface area contributed by atoms with Crippen molar-refractivity contribution in [2.24, 2.45) is 5.10 Å². The van der Waals surface area contributed by atoms with Crippen molar-refractivity contribution in [2.45, 2.75) is 0 Å². The molecule has 0 fully saturated rings. The minimum atomic E-state index is -0.294. The third-order valence-corrected chi connectivity index (χ3v) is 4.93. The normalized spacial score (nSPS) is 11.5. The molecule has 0 N–H and O–H groups in total. The van der Waals surface area contributed by atoms with Crippen molar-refractivity contribution in [3.05, 3.63) is 95.2 Å². The predicted molar refractivity (Wildman–Crippen MR) is 117 cm³/mol. The fourth-order valence-electron chi connectivity index (χ4n) is 3.45. The first-order chi connectivity index (χ1) is 14.8. The Labute approximate surface area is 171 Å². The molecule has 0 aliphatic rings. The van der Waals surface area contributed by atoms with Crippen LogP contribution in [0.1, 0.15) is 5.56 Å². The van der Waals surface area contributed by atoms with Gasteiger partial charge in [-0.1, -0.05) is 48.5 Å². The summed E-state index contributed by atoms with van der Waals surface area (Å²) in [5.74, 6) is 0.677. The molecule has 7 nitrogen and oxygen atoms in total. The Morgan fingerprint density at radius 1 is 0.967 bits per heavy atom. The molecule has 0 amide bonds. The molecule has 0 unspecified atom stereocenters. The molecule has 0 spiro atoms. The second-order valence-electron chi connectivity index (χ2n) is 6.67. The lowest BCUT2D eigenvalue weighted by Crippen LogP contribution is -2.17. The van der Waals surface area contributed by atoms with Crippen molar-refractivity contribution >= 4 is 28.0 Å². The van der Waals surface area contributed by atoms with Crippen LogP contribution >= 0.6 is 0 Å². The Hall–Kier alpha value is -4.26. The monoisotopic (exact) mass is 395 g/mol. The van der Waals surface area contributed by atoms with Crippen molar-refractivity contribution in [3.8, 4) is 11.4 Å². The summed E-state index contributed by atoms with van der Waals surface area (Å²) in [7, 11) is 1.61. The molecular formula is C23H17N5O2. The largest absolute Gasteiger partial charge is 0.496 e. The van der Waals surface area contributed by atoms with Crippen LogP contribution in [0.5, 0.6) is 5.75 Å². The van der Waals surface area contributed by atoms with Gasteiger partial charge < -0.3 is 4.74 Å². The van der Waals surface area contributed by atoms with E-state index in [2.05, 4.69) is 15.2 Å². The van der Waals surface area contributed by atoms with Crippen LogP contribution < -0.4 is 10.3 Å². The van der Waals surface area contributed by atoms with Crippen LogP contribution in [0, 0.1) is 0 Å². The molecule has 3 aromatic carbocycles. The summed E-state index contributed by atoms with van der Waals surface area (Å²) in [5.41, 5.74) is 1.82. The number of para-hydroxylation sites is 1. The van der Waals surface area contributed by atoms with Crippen molar-refractivity contribution in [2.75, 3.05) is 7.11 Å². The Balaban J connectivity index is 1.60. The fraction of sp³-hybridized carbons (Fsp3) is 0.0435. The molecule has 7 heteroatoms. The number of benzene rings is 3. The zero-order valence-electron chi connectivity index (χ0n) is 16.1. The van der Waals surface area contributed by atoms with Gasteiger partial charge >= 0.3 is 0 Å². The van der Waals surface area contributed by atoms with E-state index in [1.165, 1.54) is 17.2 Å². The van der Waals surface area contributed by atoms with Gasteiger partial charge in [0.15, 0.2) is 5.65 Å². The molecule has 0 atom stereocenters. The van der Waals surface area contributed by atoms with Crippen LogP contribution in [0.2, 0.25) is 0 Å². The van der Waals surface area contributed by atoms with Gasteiger partial charge in [-0.15, -0.1) is 0 Å². The van der Waals surface area contributed by atoms with E-state index in [-0.39, 0.29) is 5.56 Å². The molecule has 2 aromatic heterocycles. The quantitative estimate of drug-likeness (QED) is 0.436. The highest BCUT2D eigenvalue weighted by Crippen LogP contribution is 2.26. The van der Waals surface area contributed by atoms with Crippen LogP contribution in [-0.4, -0.2) is 32.8 Å². The lowest BCUT2D eigenvalue weighted by Gasteiger charge is -2.08. The topological polar surface area (TPSA) is 74.3 Å². The maximum atomic E-state index is 12.9. The van der Waals surface area contributed by atoms with Crippen LogP contribution in [0.25, 0.3) is 27.5 Å². The number of aromatic nitrogens is 4. The highest BCUT2D eigenvalue weighted by Gasteiger charge is 2.11. The van der Waals surface area contributed by atoms with E-state index >= 15 is 0 Å². The first-order valence-electron chi connectivity index (χ1n) is 9.37. The zero-order valence-corrected chi connectivity index (χ0v) is 16.1. The second kappa shape index (κ2) is 7.29. The summed E-state index contributed by atoms with van der Waals surface area (Å²) in [5, 5.41) is 11.1. The van der Waals surface area contributed by atoms with E-state index in [1.54, 1.807) is 18.0 Å². The minimum Gasteiger partial charge on any atom is -0.496 e. The standard InChI is InChI=1S/C23H17N5O2/c1-30-21-12-11-16-7-5-6-10-18(16)19(21)13-25-27-15-24-22-20(23(27)29)14-26-28(22)17-8-3-2-4-9-17/h2-15H,1H3/b25-13-. The molecule has 0 bridgehead atoms. The van der Waals surface area contributed by atoms with Gasteiger partial charge in [0.05, 0.1) is 25.2 Å². The number of rotatable bonds is 4. The SMILES string of the molecule is COc1ccc2ccccc2c1/C=N\n1cnc2c(cnn2-c2ccccc2)c1=O. The third kappa shape index (κ3) is 2.93. The van der Waals surface area contributed by atoms with Gasteiger partial charge in [-0.2, -0.15) is 14.9 Å². The average Bonchev–Trinajstić information content (AvgIpc) is 3.24. The highest BCUT2D eigenvalue weighted by atomic mass is 16.5. The Bertz CT molecular complexity index is 1450. The van der Waals surface area contributed by atoms with E-state index in [1.807, 2.05) is 66.7 Å². The lowest BCUT2D eigenvalue weighted by atomic mass is 10.0. The first-order valence-corrected chi connectivity index (χ1v) is 9.37. The number of hydrogen-bond acceptors (Lipinski definition) is 5. The molecule has 5 rings (SSSR count). The van der Waals surface area contributed by atoms with Crippen LogP contribution in [0.3, 0.4) is 0 Å². The number of ether oxygens (including phenoxy) is 1. The van der Waals surface area contributed by atoms with Gasteiger partial charge in [0.1, 0.15) is 17.5 Å². The molecule has 5 aromatic rings. The summed E-state index contributed by atoms with van der Waals surface area (Å²) in [6.45, 7) is 0. The van der Waals surface area contributed by atoms with Crippen molar-refractivity contribution in [3.63, 3.8) is 0 Å². The average molecular weight is 395 g/mol. The maximum absolute atomic E-state index is 12.9. The van der Waals surface area contributed by atoms with Gasteiger partial charge in [0, 0.05) is 5.56 Å². The molecule has 2 heterocycles. The van der Waals surface area contributed by atoms with E-state index in [0.717, 1.165) is 22.0 Å². The fourth-order valence-corrected chi connectivity index (χ4v) is 3.45. The zero-order chi connectivity index (χ0) is 20.5. The molecule has 0 saturated heterocycles. The molecule has 0 aliphatic carbocycles. The number of nitrogens with zero attached hydrogens (tertiary/aromatic N) is 5. The maximum Gasteiger partial charge on any atom is 0.285 e. The van der Waals surface area contributed by atoms with E-state index in [0.29, 0.717) is 16.8 Å². The van der Waals surface area contributed by atoms with Crippen molar-refractivity contribution in [1.82, 2.24) is 19.4 Å². The second-order valence-corrected chi connectivity index (χ2v) is 6.67. The predicted octanol–water partition coefficient (Wildman–Crippen LogP) is 3.63. The van der Waals surface area contributed by atoms with Gasteiger partial charge in [0.25, 0.3) is 5.56 Å². The van der Waals surface area contributed by atoms with Gasteiger partial charge in [-0.05, 0) is 29.0 Å². The first kappa shape index (κ1) is 17.8. The lowest BCUT2D eigenvalue weighted by molar-refractivity contribution is 0.415. The smallest absolute Gasteiger partial charge is 0.285 e. The van der Waals surface area contributed by atoms with Gasteiger partial charge in [-0.25, -0.2) is 9.67 Å². The van der Waals surface area contributed by atoms with Crippen LogP contribution in [0.4, 0.5) is 0 Å². The number of fused-ring (bicyclic) bond motifs is 2. The highest BCUT2D eigenvalue weighted by molar-refractivity contribution is 6.02.